The first-order valence-corrected chi connectivity index (χ1v) is 15.1. The van der Waals surface area contributed by atoms with Crippen LogP contribution in [0, 0.1) is 32.5 Å². The Bertz CT molecular complexity index is 1070. The van der Waals surface area contributed by atoms with Gasteiger partial charge in [0.25, 0.3) is 6.47 Å². The van der Waals surface area contributed by atoms with Crippen molar-refractivity contribution in [1.82, 2.24) is 0 Å². The van der Waals surface area contributed by atoms with Gasteiger partial charge in [0.15, 0.2) is 11.6 Å². The maximum absolute atomic E-state index is 14.6. The zero-order chi connectivity index (χ0) is 30.5. The van der Waals surface area contributed by atoms with Gasteiger partial charge < -0.3 is 25.2 Å². The molecule has 2 aliphatic rings. The van der Waals surface area contributed by atoms with E-state index in [1.807, 2.05) is 13.0 Å². The number of hydrogen-bond donors (Lipinski definition) is 4. The van der Waals surface area contributed by atoms with Crippen molar-refractivity contribution in [2.45, 2.75) is 105 Å². The largest absolute Gasteiger partial charge is 0.490 e. The number of aryl methyl sites for hydroxylation is 1. The van der Waals surface area contributed by atoms with Crippen molar-refractivity contribution >= 4 is 24.2 Å². The summed E-state index contributed by atoms with van der Waals surface area (Å²) in [5.74, 6) is 1.96. The standard InChI is InChI=1S/C20H24FNO.C7H14OS.C4H10O.CH2O2/c1-5-14-13(4)18(22)9-11(2)19(14)16-10-17(21)20-15(12(16)3)7-6-8-23-20;8-9-6-7-4-2-1-3-5-7;1-4(2,3)5;2-1-3/h9-10H,5-8,22H2,1-4H3;7-8H,1-6H2;5H,1-3H3;1H,(H,2,3). The van der Waals surface area contributed by atoms with Crippen LogP contribution in [0.1, 0.15) is 94.0 Å². The predicted octanol–water partition coefficient (Wildman–Crippen LogP) is 8.14. The van der Waals surface area contributed by atoms with Crippen LogP contribution in [-0.4, -0.2) is 39.2 Å². The molecule has 0 bridgehead atoms. The summed E-state index contributed by atoms with van der Waals surface area (Å²) in [6.07, 6.45) is 9.55. The average molecular weight is 580 g/mol. The number of fused-ring (bicyclic) bond motifs is 1. The van der Waals surface area contributed by atoms with Gasteiger partial charge in [0, 0.05) is 17.0 Å². The molecule has 1 fully saturated rings. The normalized spacial score (nSPS) is 14.7. The molecule has 1 saturated carbocycles. The number of rotatable bonds is 4. The number of ether oxygens (including phenoxy) is 1. The summed E-state index contributed by atoms with van der Waals surface area (Å²) < 4.78 is 28.7. The molecule has 0 aromatic heterocycles. The summed E-state index contributed by atoms with van der Waals surface area (Å²) in [4.78, 5) is 8.36. The fraction of sp³-hybridized carbons (Fsp3) is 0.594. The first kappa shape index (κ1) is 35.7. The van der Waals surface area contributed by atoms with Crippen molar-refractivity contribution in [2.75, 3.05) is 18.1 Å². The predicted molar refractivity (Wildman–Crippen MR) is 166 cm³/mol. The van der Waals surface area contributed by atoms with E-state index in [1.54, 1.807) is 26.8 Å². The van der Waals surface area contributed by atoms with E-state index in [0.29, 0.717) is 12.4 Å². The lowest BCUT2D eigenvalue weighted by atomic mass is 9.85. The lowest BCUT2D eigenvalue weighted by molar-refractivity contribution is -0.122. The molecular weight excluding hydrogens is 529 g/mol. The van der Waals surface area contributed by atoms with Crippen molar-refractivity contribution in [2.24, 2.45) is 5.92 Å². The third kappa shape index (κ3) is 11.3. The second kappa shape index (κ2) is 17.5. The first-order chi connectivity index (χ1) is 18.8. The van der Waals surface area contributed by atoms with Crippen molar-refractivity contribution in [3.05, 3.63) is 45.8 Å². The van der Waals surface area contributed by atoms with Gasteiger partial charge in [0.1, 0.15) is 0 Å². The Labute approximate surface area is 244 Å². The molecule has 0 spiro atoms. The molecule has 226 valence electrons. The molecule has 1 aliphatic carbocycles. The summed E-state index contributed by atoms with van der Waals surface area (Å²) in [7, 11) is 0. The Morgan fingerprint density at radius 2 is 1.68 bits per heavy atom. The van der Waals surface area contributed by atoms with Crippen LogP contribution in [0.25, 0.3) is 11.1 Å². The molecule has 0 amide bonds. The molecule has 2 aromatic rings. The number of carboxylic acid groups (broad SMARTS) is 1. The Morgan fingerprint density at radius 3 is 2.20 bits per heavy atom. The highest BCUT2D eigenvalue weighted by molar-refractivity contribution is 7.93. The zero-order valence-corrected chi connectivity index (χ0v) is 26.2. The Kier molecular flexibility index (Phi) is 15.6. The summed E-state index contributed by atoms with van der Waals surface area (Å²) in [5, 5.41) is 15.4. The molecule has 4 rings (SSSR count). The fourth-order valence-corrected chi connectivity index (χ4v) is 5.75. The minimum atomic E-state index is -0.500. The smallest absolute Gasteiger partial charge is 0.290 e. The molecule has 0 radical (unpaired) electrons. The fourth-order valence-electron chi connectivity index (χ4n) is 5.21. The number of nitrogen functional groups attached to an aromatic ring is 1. The van der Waals surface area contributed by atoms with E-state index in [0.717, 1.165) is 82.0 Å². The van der Waals surface area contributed by atoms with Crippen LogP contribution in [0.3, 0.4) is 0 Å². The average Bonchev–Trinajstić information content (AvgIpc) is 2.89. The van der Waals surface area contributed by atoms with Gasteiger partial charge in [-0.25, -0.2) is 4.39 Å². The van der Waals surface area contributed by atoms with E-state index in [-0.39, 0.29) is 12.3 Å². The summed E-state index contributed by atoms with van der Waals surface area (Å²) >= 11 is 1.01. The molecule has 0 saturated heterocycles. The monoisotopic (exact) mass is 579 g/mol. The van der Waals surface area contributed by atoms with Crippen molar-refractivity contribution in [1.29, 1.82) is 0 Å². The molecular formula is C32H50FNO5S. The second-order valence-corrected chi connectivity index (χ2v) is 12.1. The molecule has 1 aliphatic heterocycles. The molecule has 2 aromatic carbocycles. The highest BCUT2D eigenvalue weighted by Crippen LogP contribution is 2.41. The Balaban J connectivity index is 0.000000386. The van der Waals surface area contributed by atoms with Crippen LogP contribution in [0.2, 0.25) is 0 Å². The van der Waals surface area contributed by atoms with Gasteiger partial charge in [-0.1, -0.05) is 26.2 Å². The first-order valence-electron chi connectivity index (χ1n) is 14.2. The SMILES string of the molecule is CC(C)(C)O.CCc1c(C)c(N)cc(C)c1-c1cc(F)c2c(c1C)CCCO2.O=CO.OSCC1CCCCC1. The van der Waals surface area contributed by atoms with Crippen LogP contribution in [0.15, 0.2) is 12.1 Å². The minimum Gasteiger partial charge on any atom is -0.490 e. The number of nitrogens with two attached hydrogens (primary N) is 1. The molecule has 6 nitrogen and oxygen atoms in total. The highest BCUT2D eigenvalue weighted by atomic mass is 32.2. The zero-order valence-electron chi connectivity index (χ0n) is 25.4. The van der Waals surface area contributed by atoms with Gasteiger partial charge >= 0.3 is 0 Å². The van der Waals surface area contributed by atoms with Crippen LogP contribution >= 0.6 is 12.0 Å². The van der Waals surface area contributed by atoms with Crippen molar-refractivity contribution < 1.29 is 28.7 Å². The topological polar surface area (TPSA) is 113 Å². The third-order valence-corrected chi connectivity index (χ3v) is 7.67. The minimum absolute atomic E-state index is 0.250. The molecule has 0 atom stereocenters. The van der Waals surface area contributed by atoms with E-state index < -0.39 is 5.60 Å². The van der Waals surface area contributed by atoms with Gasteiger partial charge in [-0.3, -0.25) is 4.79 Å². The summed E-state index contributed by atoms with van der Waals surface area (Å²) in [6, 6.07) is 3.63. The van der Waals surface area contributed by atoms with Crippen LogP contribution in [0.4, 0.5) is 10.1 Å². The number of anilines is 1. The summed E-state index contributed by atoms with van der Waals surface area (Å²) in [6.45, 7) is 13.9. The maximum Gasteiger partial charge on any atom is 0.290 e. The van der Waals surface area contributed by atoms with Crippen molar-refractivity contribution in [3.63, 3.8) is 0 Å². The number of halogens is 1. The number of aliphatic hydroxyl groups is 1. The van der Waals surface area contributed by atoms with Crippen LogP contribution in [-0.2, 0) is 17.6 Å². The van der Waals surface area contributed by atoms with E-state index in [4.69, 9.17) is 30.0 Å². The molecule has 0 unspecified atom stereocenters. The lowest BCUT2D eigenvalue weighted by Crippen LogP contribution is -2.12. The van der Waals surface area contributed by atoms with E-state index in [1.165, 1.54) is 37.7 Å². The maximum atomic E-state index is 14.6. The molecule has 8 heteroatoms. The van der Waals surface area contributed by atoms with Gasteiger partial charge in [-0.2, -0.15) is 0 Å². The lowest BCUT2D eigenvalue weighted by Gasteiger charge is -2.24. The number of benzene rings is 2. The second-order valence-electron chi connectivity index (χ2n) is 11.5. The van der Waals surface area contributed by atoms with Crippen LogP contribution < -0.4 is 10.5 Å². The highest BCUT2D eigenvalue weighted by Gasteiger charge is 2.23. The Hall–Kier alpha value is -2.29. The van der Waals surface area contributed by atoms with Gasteiger partial charge in [-0.15, -0.1) is 0 Å². The third-order valence-electron chi connectivity index (χ3n) is 7.05. The van der Waals surface area contributed by atoms with E-state index >= 15 is 0 Å². The number of hydrogen-bond acceptors (Lipinski definition) is 6. The van der Waals surface area contributed by atoms with Crippen LogP contribution in [0.5, 0.6) is 5.75 Å². The Morgan fingerprint density at radius 1 is 1.10 bits per heavy atom. The van der Waals surface area contributed by atoms with Gasteiger partial charge in [-0.05, 0) is 137 Å². The summed E-state index contributed by atoms with van der Waals surface area (Å²) in [5.41, 5.74) is 14.1. The molecule has 40 heavy (non-hydrogen) atoms. The van der Waals surface area contributed by atoms with E-state index in [9.17, 15) is 4.39 Å². The molecule has 5 N–H and O–H groups in total. The quantitative estimate of drug-likeness (QED) is 0.164. The van der Waals surface area contributed by atoms with Crippen molar-refractivity contribution in [3.8, 4) is 16.9 Å². The van der Waals surface area contributed by atoms with Gasteiger partial charge in [0.2, 0.25) is 0 Å². The number of carbonyl (C=O) groups is 1. The van der Waals surface area contributed by atoms with E-state index in [2.05, 4.69) is 20.8 Å². The van der Waals surface area contributed by atoms with Gasteiger partial charge in [0.05, 0.1) is 12.2 Å². The molecule has 1 heterocycles.